The van der Waals surface area contributed by atoms with Crippen LogP contribution in [-0.4, -0.2) is 104 Å². The van der Waals surface area contributed by atoms with Crippen LogP contribution in [0.1, 0.15) is 146 Å². The summed E-state index contributed by atoms with van der Waals surface area (Å²) in [6, 6.07) is 22.4. The summed E-state index contributed by atoms with van der Waals surface area (Å²) in [5, 5.41) is 36.1. The van der Waals surface area contributed by atoms with E-state index in [1.807, 2.05) is 42.5 Å². The maximum Gasteiger partial charge on any atom is 0.454 e. The summed E-state index contributed by atoms with van der Waals surface area (Å²) in [5.41, 5.74) is 5.69. The van der Waals surface area contributed by atoms with Crippen molar-refractivity contribution in [3.05, 3.63) is 115 Å². The highest BCUT2D eigenvalue weighted by molar-refractivity contribution is 9.11. The van der Waals surface area contributed by atoms with Crippen LogP contribution < -0.4 is 8.85 Å². The van der Waals surface area contributed by atoms with Gasteiger partial charge in [-0.15, -0.1) is 0 Å². The minimum absolute atomic E-state index is 0.126. The van der Waals surface area contributed by atoms with Crippen molar-refractivity contribution in [3.63, 3.8) is 0 Å². The number of halogens is 3. The maximum absolute atomic E-state index is 11.5. The van der Waals surface area contributed by atoms with Gasteiger partial charge in [-0.2, -0.15) is 11.1 Å². The Morgan fingerprint density at radius 2 is 0.798 bits per heavy atom. The van der Waals surface area contributed by atoms with Crippen LogP contribution >= 0.6 is 42.9 Å². The van der Waals surface area contributed by atoms with Crippen LogP contribution in [0.2, 0.25) is 60.2 Å². The average Bonchev–Trinajstić information content (AvgIpc) is 4.38. The summed E-state index contributed by atoms with van der Waals surface area (Å²) in [6.07, 6.45) is 7.75. The normalized spacial score (nSPS) is 14.0. The molecule has 4 aromatic rings. The molecule has 14 nitrogen and oxygen atoms in total. The fourth-order valence-electron chi connectivity index (χ4n) is 6.56. The van der Waals surface area contributed by atoms with Gasteiger partial charge in [0.15, 0.2) is 7.38 Å². The van der Waals surface area contributed by atoms with Crippen LogP contribution in [0.25, 0.3) is 0 Å². The van der Waals surface area contributed by atoms with Gasteiger partial charge in [0.25, 0.3) is 8.32 Å². The fraction of sp³-hybridized carbons (Fsp3) is 0.556. The molecular weight excluding hydrogens is 1270 g/mol. The smallest absolute Gasteiger partial charge is 0.454 e. The molecule has 0 spiro atoms. The minimum atomic E-state index is -1.89. The molecule has 4 aromatic carbocycles. The van der Waals surface area contributed by atoms with Crippen LogP contribution in [0.3, 0.4) is 0 Å². The zero-order valence-corrected chi connectivity index (χ0v) is 60.2. The highest BCUT2D eigenvalue weighted by Crippen LogP contribution is 2.48. The van der Waals surface area contributed by atoms with Gasteiger partial charge in [-0.25, -0.2) is 0 Å². The van der Waals surface area contributed by atoms with Crippen molar-refractivity contribution in [1.82, 2.24) is 0 Å². The Bertz CT molecular complexity index is 2760. The van der Waals surface area contributed by atoms with Gasteiger partial charge >= 0.3 is 31.0 Å². The zero-order valence-electron chi connectivity index (χ0n) is 53.3. The standard InChI is InChI=1S/C18H28O3Si.C15H23BrO3Si.C12H14O3.C9H9BrO3.C6H15ClSi.C3H7BO2/c1-18(2,3)22(5,6)21-16-11-13(12-17(19)20-4)7-10-15(16)14-8-9-14;1-15(2,3)20(5,6)19-13-9-11(7-8-12(13)16)10-14(17)18-4;1-15-12(14)7-8-2-5-10(9-3-4-9)11(13)6-8;1-13-9(12)5-6-2-3-7(10)8(11)4-6;1-6(2,3)8(4,5)7;5-4(6)3-1-2-3/h7,10-11,14H,8-9,12H2,1-6H3;7-9H,10H2,1-6H3;2,5-6,9,13H,3-4,7H2,1H3;2-4,11H,5H2,1H3;1-5H3;3,5-6H,1-2H2. The third kappa shape index (κ3) is 27.3. The molecule has 7 rings (SSSR count). The van der Waals surface area contributed by atoms with E-state index in [1.165, 1.54) is 52.9 Å². The minimum Gasteiger partial charge on any atom is -0.543 e. The molecule has 0 unspecified atom stereocenters. The monoisotopic (exact) mass is 1360 g/mol. The van der Waals surface area contributed by atoms with Crippen LogP contribution in [0, 0.1) is 0 Å². The van der Waals surface area contributed by atoms with Crippen molar-refractivity contribution in [2.45, 2.75) is 199 Å². The Morgan fingerprint density at radius 3 is 1.10 bits per heavy atom. The van der Waals surface area contributed by atoms with Gasteiger partial charge in [0, 0.05) is 0 Å². The number of carbonyl (C=O) groups is 4. The first-order chi connectivity index (χ1) is 38.6. The molecule has 0 atom stereocenters. The second-order valence-electron chi connectivity index (χ2n) is 26.1. The lowest BCUT2D eigenvalue weighted by molar-refractivity contribution is -0.140. The second-order valence-corrected chi connectivity index (χ2v) is 44.5. The van der Waals surface area contributed by atoms with Crippen molar-refractivity contribution >= 4 is 98.0 Å². The molecule has 3 fully saturated rings. The molecule has 3 aliphatic carbocycles. The van der Waals surface area contributed by atoms with E-state index in [1.54, 1.807) is 18.2 Å². The average molecular weight is 1370 g/mol. The van der Waals surface area contributed by atoms with Gasteiger partial charge in [0.1, 0.15) is 23.0 Å². The molecule has 0 saturated heterocycles. The number of hydrogen-bond donors (Lipinski definition) is 4. The van der Waals surface area contributed by atoms with Crippen LogP contribution in [0.4, 0.5) is 0 Å². The van der Waals surface area contributed by atoms with Gasteiger partial charge in [-0.1, -0.05) is 125 Å². The van der Waals surface area contributed by atoms with Gasteiger partial charge in [0.05, 0.1) is 63.1 Å². The summed E-state index contributed by atoms with van der Waals surface area (Å²) >= 11 is 12.8. The number of carbonyl (C=O) groups excluding carboxylic acids is 4. The largest absolute Gasteiger partial charge is 0.543 e. The first kappa shape index (κ1) is 75.9. The summed E-state index contributed by atoms with van der Waals surface area (Å²) in [4.78, 5) is 44.8. The van der Waals surface area contributed by atoms with Crippen molar-refractivity contribution in [2.24, 2.45) is 0 Å². The molecule has 3 aliphatic rings. The van der Waals surface area contributed by atoms with Crippen molar-refractivity contribution in [3.8, 4) is 23.0 Å². The molecule has 468 valence electrons. The number of hydrogen-bond acceptors (Lipinski definition) is 14. The molecule has 0 heterocycles. The van der Waals surface area contributed by atoms with E-state index in [4.69, 9.17) is 39.5 Å². The summed E-state index contributed by atoms with van der Waals surface area (Å²) in [6.45, 7) is 33.2. The number of phenolic OH excluding ortho intramolecular Hbond substituents is 2. The number of ether oxygens (including phenoxy) is 4. The van der Waals surface area contributed by atoms with Gasteiger partial charge in [-0.05, 0) is 186 Å². The summed E-state index contributed by atoms with van der Waals surface area (Å²) in [5.74, 6) is 2.53. The van der Waals surface area contributed by atoms with Crippen molar-refractivity contribution < 1.29 is 67.2 Å². The van der Waals surface area contributed by atoms with Gasteiger partial charge in [-0.3, -0.25) is 19.2 Å². The Kier molecular flexibility index (Phi) is 30.1. The van der Waals surface area contributed by atoms with Crippen molar-refractivity contribution in [2.75, 3.05) is 28.4 Å². The SMILES string of the molecule is CC(C)(C)[Si](C)(C)Cl.COC(=O)Cc1ccc(Br)c(O)c1.COC(=O)Cc1ccc(Br)c(O[Si](C)(C)C(C)(C)C)c1.COC(=O)Cc1ccc(C2CC2)c(O)c1.COC(=O)Cc1ccc(C2CC2)c(O[Si](C)(C)C(C)(C)C)c1.OB(O)C1CC1. The molecule has 0 aromatic heterocycles. The van der Waals surface area contributed by atoms with E-state index in [2.05, 4.69) is 149 Å². The second kappa shape index (κ2) is 33.3. The number of benzene rings is 4. The molecule has 0 aliphatic heterocycles. The van der Waals surface area contributed by atoms with E-state index >= 15 is 0 Å². The van der Waals surface area contributed by atoms with E-state index in [9.17, 15) is 29.4 Å². The first-order valence-corrected chi connectivity index (χ1v) is 39.9. The number of phenols is 2. The summed E-state index contributed by atoms with van der Waals surface area (Å²) < 4.78 is 32.9. The molecule has 4 N–H and O–H groups in total. The first-order valence-electron chi connectivity index (χ1n) is 28.5. The van der Waals surface area contributed by atoms with E-state index in [-0.39, 0.29) is 64.8 Å². The lowest BCUT2D eigenvalue weighted by Gasteiger charge is -2.37. The third-order valence-electron chi connectivity index (χ3n) is 15.7. The molecule has 3 saturated carbocycles. The molecule has 0 radical (unpaired) electrons. The van der Waals surface area contributed by atoms with E-state index in [0.717, 1.165) is 69.5 Å². The lowest BCUT2D eigenvalue weighted by Crippen LogP contribution is -2.44. The Labute approximate surface area is 526 Å². The molecule has 0 amide bonds. The Hall–Kier alpha value is -4.15. The third-order valence-corrected chi connectivity index (χ3v) is 31.0. The molecule has 0 bridgehead atoms. The predicted octanol–water partition coefficient (Wildman–Crippen LogP) is 15.9. The topological polar surface area (TPSA) is 205 Å². The molecule has 84 heavy (non-hydrogen) atoms. The quantitative estimate of drug-likeness (QED) is 0.0378. The fourth-order valence-corrected chi connectivity index (χ4v) is 9.34. The Balaban J connectivity index is 0.000000359. The summed E-state index contributed by atoms with van der Waals surface area (Å²) in [7, 11) is -0.683. The van der Waals surface area contributed by atoms with Crippen molar-refractivity contribution in [1.29, 1.82) is 0 Å². The maximum atomic E-state index is 11.5. The molecule has 21 heteroatoms. The zero-order chi connectivity index (χ0) is 64.3. The molecular formula is C63H96BBr2ClO14Si3. The van der Waals surface area contributed by atoms with E-state index < -0.39 is 31.1 Å². The number of methoxy groups -OCH3 is 4. The van der Waals surface area contributed by atoms with E-state index in [0.29, 0.717) is 33.5 Å². The highest BCUT2D eigenvalue weighted by Gasteiger charge is 2.41. The van der Waals surface area contributed by atoms with Gasteiger partial charge < -0.3 is 48.1 Å². The predicted molar refractivity (Wildman–Crippen MR) is 353 cm³/mol. The Morgan fingerprint density at radius 1 is 0.488 bits per heavy atom. The van der Waals surface area contributed by atoms with Crippen LogP contribution in [0.15, 0.2) is 81.7 Å². The van der Waals surface area contributed by atoms with Crippen LogP contribution in [0.5, 0.6) is 23.0 Å². The van der Waals surface area contributed by atoms with Crippen LogP contribution in [-0.2, 0) is 63.8 Å². The number of aromatic hydroxyl groups is 2. The number of esters is 4. The van der Waals surface area contributed by atoms with Gasteiger partial charge in [0.2, 0.25) is 8.32 Å². The lowest BCUT2D eigenvalue weighted by atomic mass is 9.84. The highest BCUT2D eigenvalue weighted by atomic mass is 79.9. The number of rotatable bonds is 15.